The van der Waals surface area contributed by atoms with Crippen LogP contribution < -0.4 is 10.5 Å². The van der Waals surface area contributed by atoms with Crippen LogP contribution in [0, 0.1) is 11.6 Å². The first-order chi connectivity index (χ1) is 10.0. The summed E-state index contributed by atoms with van der Waals surface area (Å²) in [7, 11) is 0. The van der Waals surface area contributed by atoms with Crippen LogP contribution in [-0.4, -0.2) is 6.04 Å². The van der Waals surface area contributed by atoms with E-state index in [1.165, 1.54) is 0 Å². The van der Waals surface area contributed by atoms with Gasteiger partial charge in [0.25, 0.3) is 0 Å². The van der Waals surface area contributed by atoms with Crippen LogP contribution in [-0.2, 0) is 6.42 Å². The van der Waals surface area contributed by atoms with E-state index in [2.05, 4.69) is 0 Å². The first-order valence-electron chi connectivity index (χ1n) is 6.67. The van der Waals surface area contributed by atoms with Crippen molar-refractivity contribution in [3.05, 3.63) is 58.6 Å². The normalized spacial score (nSPS) is 12.2. The number of hydrogen-bond donors (Lipinski definition) is 1. The summed E-state index contributed by atoms with van der Waals surface area (Å²) in [6.07, 6.45) is 1.34. The highest BCUT2D eigenvalue weighted by Gasteiger charge is 2.14. The number of halogens is 3. The zero-order valence-corrected chi connectivity index (χ0v) is 12.3. The van der Waals surface area contributed by atoms with E-state index in [0.717, 1.165) is 30.2 Å². The fraction of sp³-hybridized carbons (Fsp3) is 0.250. The maximum atomic E-state index is 13.7. The van der Waals surface area contributed by atoms with E-state index in [9.17, 15) is 8.78 Å². The van der Waals surface area contributed by atoms with Gasteiger partial charge in [-0.05, 0) is 36.6 Å². The van der Waals surface area contributed by atoms with Gasteiger partial charge in [0.1, 0.15) is 11.6 Å². The van der Waals surface area contributed by atoms with Crippen LogP contribution >= 0.6 is 11.6 Å². The smallest absolute Gasteiger partial charge is 0.166 e. The molecule has 1 atom stereocenters. The molecule has 0 bridgehead atoms. The number of rotatable bonds is 5. The lowest BCUT2D eigenvalue weighted by molar-refractivity contribution is 0.430. The van der Waals surface area contributed by atoms with Gasteiger partial charge in [0.2, 0.25) is 0 Å². The van der Waals surface area contributed by atoms with Gasteiger partial charge in [-0.3, -0.25) is 0 Å². The molecule has 1 unspecified atom stereocenters. The number of para-hydroxylation sites is 1. The van der Waals surface area contributed by atoms with Crippen molar-refractivity contribution in [2.75, 3.05) is 0 Å². The summed E-state index contributed by atoms with van der Waals surface area (Å²) in [5.41, 5.74) is 6.70. The molecule has 0 aliphatic heterocycles. The number of ether oxygens (including phenoxy) is 1. The third-order valence-electron chi connectivity index (χ3n) is 3.16. The Kier molecular flexibility index (Phi) is 5.15. The first kappa shape index (κ1) is 15.7. The molecule has 0 heterocycles. The quantitative estimate of drug-likeness (QED) is 0.869. The molecule has 0 spiro atoms. The topological polar surface area (TPSA) is 35.2 Å². The molecule has 0 saturated heterocycles. The van der Waals surface area contributed by atoms with Crippen molar-refractivity contribution in [3.63, 3.8) is 0 Å². The Labute approximate surface area is 127 Å². The van der Waals surface area contributed by atoms with Gasteiger partial charge in [-0.2, -0.15) is 0 Å². The highest BCUT2D eigenvalue weighted by molar-refractivity contribution is 6.32. The van der Waals surface area contributed by atoms with E-state index in [4.69, 9.17) is 22.1 Å². The Balaban J connectivity index is 2.36. The van der Waals surface area contributed by atoms with Crippen LogP contribution in [0.2, 0.25) is 5.02 Å². The summed E-state index contributed by atoms with van der Waals surface area (Å²) in [6.45, 7) is 1.97. The van der Waals surface area contributed by atoms with E-state index < -0.39 is 11.6 Å². The number of hydrogen-bond acceptors (Lipinski definition) is 2. The Hall–Kier alpha value is -1.65. The fourth-order valence-corrected chi connectivity index (χ4v) is 2.15. The summed E-state index contributed by atoms with van der Waals surface area (Å²) >= 11 is 6.12. The Morgan fingerprint density at radius 2 is 2.00 bits per heavy atom. The molecule has 0 amide bonds. The zero-order valence-electron chi connectivity index (χ0n) is 11.6. The molecule has 5 heteroatoms. The third-order valence-corrected chi connectivity index (χ3v) is 3.46. The molecule has 0 radical (unpaired) electrons. The van der Waals surface area contributed by atoms with Gasteiger partial charge in [0, 0.05) is 12.1 Å². The fourth-order valence-electron chi connectivity index (χ4n) is 1.92. The average Bonchev–Trinajstić information content (AvgIpc) is 2.46. The van der Waals surface area contributed by atoms with Gasteiger partial charge in [-0.15, -0.1) is 0 Å². The number of benzene rings is 2. The Bertz CT molecular complexity index is 634. The highest BCUT2D eigenvalue weighted by Crippen LogP contribution is 2.35. The minimum Gasteiger partial charge on any atom is -0.452 e. The van der Waals surface area contributed by atoms with Gasteiger partial charge in [-0.1, -0.05) is 30.7 Å². The maximum absolute atomic E-state index is 13.7. The highest BCUT2D eigenvalue weighted by atomic mass is 35.5. The summed E-state index contributed by atoms with van der Waals surface area (Å²) in [6, 6.07) is 8.20. The molecule has 2 nitrogen and oxygen atoms in total. The predicted octanol–water partition coefficient (Wildman–Crippen LogP) is 4.69. The molecule has 2 aromatic rings. The third kappa shape index (κ3) is 3.93. The average molecular weight is 312 g/mol. The van der Waals surface area contributed by atoms with Gasteiger partial charge < -0.3 is 10.5 Å². The molecule has 0 fully saturated rings. The van der Waals surface area contributed by atoms with Crippen LogP contribution in [0.15, 0.2) is 36.4 Å². The van der Waals surface area contributed by atoms with Crippen molar-refractivity contribution in [2.45, 2.75) is 25.8 Å². The lowest BCUT2D eigenvalue weighted by Crippen LogP contribution is -2.21. The molecule has 2 N–H and O–H groups in total. The summed E-state index contributed by atoms with van der Waals surface area (Å²) in [5.74, 6) is -1.12. The lowest BCUT2D eigenvalue weighted by Gasteiger charge is -2.15. The second-order valence-electron chi connectivity index (χ2n) is 4.78. The Morgan fingerprint density at radius 3 is 2.71 bits per heavy atom. The van der Waals surface area contributed by atoms with Crippen LogP contribution in [0.3, 0.4) is 0 Å². The SMILES string of the molecule is CCC(N)Cc1cccc(Cl)c1Oc1cc(F)ccc1F. The second kappa shape index (κ2) is 6.87. The molecule has 112 valence electrons. The molecular formula is C16H16ClF2NO. The van der Waals surface area contributed by atoms with Gasteiger partial charge >= 0.3 is 0 Å². The van der Waals surface area contributed by atoms with Crippen LogP contribution in [0.5, 0.6) is 11.5 Å². The van der Waals surface area contributed by atoms with Crippen molar-refractivity contribution in [3.8, 4) is 11.5 Å². The molecule has 0 aliphatic carbocycles. The lowest BCUT2D eigenvalue weighted by atomic mass is 10.0. The van der Waals surface area contributed by atoms with E-state index in [0.29, 0.717) is 17.2 Å². The predicted molar refractivity (Wildman–Crippen MR) is 79.9 cm³/mol. The second-order valence-corrected chi connectivity index (χ2v) is 5.18. The molecule has 2 aromatic carbocycles. The largest absolute Gasteiger partial charge is 0.452 e. The number of nitrogens with two attached hydrogens (primary N) is 1. The van der Waals surface area contributed by atoms with Crippen molar-refractivity contribution in [2.24, 2.45) is 5.73 Å². The summed E-state index contributed by atoms with van der Waals surface area (Å²) < 4.78 is 32.4. The van der Waals surface area contributed by atoms with Crippen molar-refractivity contribution in [1.82, 2.24) is 0 Å². The minimum absolute atomic E-state index is 0.0526. The summed E-state index contributed by atoms with van der Waals surface area (Å²) in [5, 5.41) is 0.333. The van der Waals surface area contributed by atoms with Crippen LogP contribution in [0.1, 0.15) is 18.9 Å². The summed E-state index contributed by atoms with van der Waals surface area (Å²) in [4.78, 5) is 0. The first-order valence-corrected chi connectivity index (χ1v) is 7.05. The molecular weight excluding hydrogens is 296 g/mol. The van der Waals surface area contributed by atoms with Crippen molar-refractivity contribution >= 4 is 11.6 Å². The molecule has 0 saturated carbocycles. The van der Waals surface area contributed by atoms with Crippen LogP contribution in [0.25, 0.3) is 0 Å². The van der Waals surface area contributed by atoms with E-state index in [1.54, 1.807) is 12.1 Å². The Morgan fingerprint density at radius 1 is 1.24 bits per heavy atom. The van der Waals surface area contributed by atoms with Crippen LogP contribution in [0.4, 0.5) is 8.78 Å². The monoisotopic (exact) mass is 311 g/mol. The standard InChI is InChI=1S/C16H16ClF2NO/c1-2-12(20)8-10-4-3-5-13(17)16(10)21-15-9-11(18)6-7-14(15)19/h3-7,9,12H,2,8,20H2,1H3. The zero-order chi connectivity index (χ0) is 15.4. The van der Waals surface area contributed by atoms with E-state index in [-0.39, 0.29) is 11.8 Å². The van der Waals surface area contributed by atoms with E-state index >= 15 is 0 Å². The van der Waals surface area contributed by atoms with Gasteiger partial charge in [0.05, 0.1) is 5.02 Å². The van der Waals surface area contributed by atoms with Crippen molar-refractivity contribution in [1.29, 1.82) is 0 Å². The molecule has 2 rings (SSSR count). The van der Waals surface area contributed by atoms with E-state index in [1.807, 2.05) is 13.0 Å². The minimum atomic E-state index is -0.651. The maximum Gasteiger partial charge on any atom is 0.166 e. The molecule has 0 aromatic heterocycles. The van der Waals surface area contributed by atoms with Gasteiger partial charge in [-0.25, -0.2) is 8.78 Å². The van der Waals surface area contributed by atoms with Crippen molar-refractivity contribution < 1.29 is 13.5 Å². The molecule has 0 aliphatic rings. The molecule has 21 heavy (non-hydrogen) atoms. The van der Waals surface area contributed by atoms with Gasteiger partial charge in [0.15, 0.2) is 11.6 Å².